The van der Waals surface area contributed by atoms with Crippen LogP contribution in [0.2, 0.25) is 0 Å². The van der Waals surface area contributed by atoms with E-state index in [-0.39, 0.29) is 0 Å². The molecule has 3 unspecified atom stereocenters. The van der Waals surface area contributed by atoms with E-state index in [9.17, 15) is 0 Å². The van der Waals surface area contributed by atoms with Crippen LogP contribution in [0.1, 0.15) is 39.5 Å². The number of nitrogens with zero attached hydrogens (tertiary/aromatic N) is 1. The second-order valence-electron chi connectivity index (χ2n) is 6.03. The highest BCUT2D eigenvalue weighted by molar-refractivity contribution is 4.90. The Hall–Kier alpha value is -0.120. The molecule has 0 saturated carbocycles. The first-order valence-corrected chi connectivity index (χ1v) is 7.19. The van der Waals surface area contributed by atoms with Gasteiger partial charge in [0.15, 0.2) is 0 Å². The molecule has 2 fully saturated rings. The van der Waals surface area contributed by atoms with Crippen molar-refractivity contribution in [1.29, 1.82) is 0 Å². The maximum atomic E-state index is 5.32. The molecule has 1 N–H and O–H groups in total. The minimum Gasteiger partial charge on any atom is -0.383 e. The highest BCUT2D eigenvalue weighted by atomic mass is 16.5. The monoisotopic (exact) mass is 240 g/mol. The molecular weight excluding hydrogens is 212 g/mol. The van der Waals surface area contributed by atoms with Crippen molar-refractivity contribution in [2.24, 2.45) is 5.92 Å². The van der Waals surface area contributed by atoms with Gasteiger partial charge in [0.1, 0.15) is 0 Å². The summed E-state index contributed by atoms with van der Waals surface area (Å²) in [6.07, 6.45) is 5.47. The van der Waals surface area contributed by atoms with E-state index in [2.05, 4.69) is 24.1 Å². The van der Waals surface area contributed by atoms with E-state index in [4.69, 9.17) is 4.74 Å². The largest absolute Gasteiger partial charge is 0.383 e. The second-order valence-corrected chi connectivity index (χ2v) is 6.03. The molecule has 2 aliphatic rings. The smallest absolute Gasteiger partial charge is 0.0618 e. The van der Waals surface area contributed by atoms with Gasteiger partial charge in [-0.3, -0.25) is 0 Å². The van der Waals surface area contributed by atoms with Gasteiger partial charge >= 0.3 is 0 Å². The molecule has 2 rings (SSSR count). The Morgan fingerprint density at radius 3 is 2.82 bits per heavy atom. The number of fused-ring (bicyclic) bond motifs is 1. The van der Waals surface area contributed by atoms with Crippen LogP contribution in [-0.4, -0.2) is 49.8 Å². The van der Waals surface area contributed by atoms with Gasteiger partial charge in [0, 0.05) is 25.2 Å². The molecule has 2 aliphatic heterocycles. The second kappa shape index (κ2) is 6.17. The molecule has 3 atom stereocenters. The fourth-order valence-electron chi connectivity index (χ4n) is 3.29. The molecule has 0 amide bonds. The van der Waals surface area contributed by atoms with Crippen LogP contribution in [0.3, 0.4) is 0 Å². The van der Waals surface area contributed by atoms with Gasteiger partial charge in [0.25, 0.3) is 0 Å². The van der Waals surface area contributed by atoms with Crippen molar-refractivity contribution in [3.8, 4) is 0 Å². The number of ether oxygens (including phenoxy) is 1. The Balaban J connectivity index is 1.81. The summed E-state index contributed by atoms with van der Waals surface area (Å²) in [6, 6.07) is 2.08. The maximum Gasteiger partial charge on any atom is 0.0618 e. The summed E-state index contributed by atoms with van der Waals surface area (Å²) in [7, 11) is 1.80. The van der Waals surface area contributed by atoms with Crippen molar-refractivity contribution in [3.63, 3.8) is 0 Å². The summed E-state index contributed by atoms with van der Waals surface area (Å²) >= 11 is 0. The van der Waals surface area contributed by atoms with Gasteiger partial charge in [-0.1, -0.05) is 13.8 Å². The van der Waals surface area contributed by atoms with E-state index in [0.717, 1.165) is 12.6 Å². The van der Waals surface area contributed by atoms with Crippen molar-refractivity contribution < 1.29 is 4.74 Å². The Morgan fingerprint density at radius 2 is 2.12 bits per heavy atom. The van der Waals surface area contributed by atoms with Crippen molar-refractivity contribution in [2.75, 3.05) is 26.8 Å². The predicted octanol–water partition coefficient (Wildman–Crippen LogP) is 1.87. The van der Waals surface area contributed by atoms with Gasteiger partial charge in [-0.25, -0.2) is 0 Å². The highest BCUT2D eigenvalue weighted by Crippen LogP contribution is 2.27. The number of methoxy groups -OCH3 is 1. The van der Waals surface area contributed by atoms with Crippen LogP contribution in [0.5, 0.6) is 0 Å². The Kier molecular flexibility index (Phi) is 4.83. The van der Waals surface area contributed by atoms with Crippen molar-refractivity contribution in [3.05, 3.63) is 0 Å². The molecule has 0 radical (unpaired) electrons. The summed E-state index contributed by atoms with van der Waals surface area (Å²) in [5, 5.41) is 3.82. The summed E-state index contributed by atoms with van der Waals surface area (Å²) in [5.41, 5.74) is 0. The minimum atomic E-state index is 0.512. The van der Waals surface area contributed by atoms with Crippen molar-refractivity contribution >= 4 is 0 Å². The lowest BCUT2D eigenvalue weighted by atomic mass is 9.95. The molecule has 3 heteroatoms. The third kappa shape index (κ3) is 3.43. The molecule has 17 heavy (non-hydrogen) atoms. The first-order chi connectivity index (χ1) is 8.20. The van der Waals surface area contributed by atoms with Crippen LogP contribution >= 0.6 is 0 Å². The molecule has 0 aromatic carbocycles. The number of rotatable bonds is 5. The number of hydrogen-bond donors (Lipinski definition) is 1. The van der Waals surface area contributed by atoms with E-state index < -0.39 is 0 Å². The molecular formula is C14H28N2O. The molecule has 100 valence electrons. The quantitative estimate of drug-likeness (QED) is 0.794. The normalized spacial score (nSPS) is 31.8. The predicted molar refractivity (Wildman–Crippen MR) is 71.3 cm³/mol. The molecule has 0 spiro atoms. The van der Waals surface area contributed by atoms with Crippen molar-refractivity contribution in [2.45, 2.75) is 57.7 Å². The average Bonchev–Trinajstić information content (AvgIpc) is 2.75. The van der Waals surface area contributed by atoms with Crippen LogP contribution in [0.25, 0.3) is 0 Å². The zero-order valence-electron chi connectivity index (χ0n) is 11.6. The molecule has 2 saturated heterocycles. The lowest BCUT2D eigenvalue weighted by Gasteiger charge is -2.37. The summed E-state index contributed by atoms with van der Waals surface area (Å²) in [5.74, 6) is 0.650. The Morgan fingerprint density at radius 1 is 1.29 bits per heavy atom. The number of piperidine rings is 1. The number of nitrogens with one attached hydrogen (secondary N) is 1. The summed E-state index contributed by atoms with van der Waals surface area (Å²) in [6.45, 7) is 8.02. The van der Waals surface area contributed by atoms with E-state index in [1.807, 2.05) is 0 Å². The topological polar surface area (TPSA) is 24.5 Å². The zero-order chi connectivity index (χ0) is 12.3. The zero-order valence-corrected chi connectivity index (χ0v) is 11.6. The lowest BCUT2D eigenvalue weighted by molar-refractivity contribution is 0.114. The van der Waals surface area contributed by atoms with E-state index >= 15 is 0 Å². The van der Waals surface area contributed by atoms with Gasteiger partial charge < -0.3 is 15.0 Å². The highest BCUT2D eigenvalue weighted by Gasteiger charge is 2.32. The molecule has 2 heterocycles. The average molecular weight is 240 g/mol. The van der Waals surface area contributed by atoms with Gasteiger partial charge in [-0.15, -0.1) is 0 Å². The van der Waals surface area contributed by atoms with Gasteiger partial charge in [0.2, 0.25) is 0 Å². The fourth-order valence-corrected chi connectivity index (χ4v) is 3.29. The first-order valence-electron chi connectivity index (χ1n) is 7.19. The maximum absolute atomic E-state index is 5.32. The van der Waals surface area contributed by atoms with E-state index in [0.29, 0.717) is 18.0 Å². The van der Waals surface area contributed by atoms with Crippen molar-refractivity contribution in [1.82, 2.24) is 10.2 Å². The third-order valence-electron chi connectivity index (χ3n) is 4.42. The van der Waals surface area contributed by atoms with Crippen LogP contribution in [0.4, 0.5) is 0 Å². The number of hydrogen-bond acceptors (Lipinski definition) is 3. The minimum absolute atomic E-state index is 0.512. The van der Waals surface area contributed by atoms with E-state index in [1.165, 1.54) is 38.8 Å². The SMILES string of the molecule is COCC(NC1CCN2CCCC2C1)C(C)C. The molecule has 0 aromatic heterocycles. The third-order valence-corrected chi connectivity index (χ3v) is 4.42. The van der Waals surface area contributed by atoms with Crippen LogP contribution in [0, 0.1) is 5.92 Å². The summed E-state index contributed by atoms with van der Waals surface area (Å²) in [4.78, 5) is 2.68. The van der Waals surface area contributed by atoms with Gasteiger partial charge in [-0.05, 0) is 44.7 Å². The summed E-state index contributed by atoms with van der Waals surface area (Å²) < 4.78 is 5.32. The standard InChI is InChI=1S/C14H28N2O/c1-11(2)14(10-17-3)15-12-6-8-16-7-4-5-13(16)9-12/h11-15H,4-10H2,1-3H3. The molecule has 0 bridgehead atoms. The fraction of sp³-hybridized carbons (Fsp3) is 1.00. The van der Waals surface area contributed by atoms with Crippen LogP contribution in [0.15, 0.2) is 0 Å². The Bertz CT molecular complexity index is 232. The molecule has 0 aliphatic carbocycles. The van der Waals surface area contributed by atoms with Crippen LogP contribution < -0.4 is 5.32 Å². The molecule has 3 nitrogen and oxygen atoms in total. The lowest BCUT2D eigenvalue weighted by Crippen LogP contribution is -2.51. The first kappa shape index (κ1) is 13.3. The van der Waals surface area contributed by atoms with Crippen LogP contribution in [-0.2, 0) is 4.74 Å². The van der Waals surface area contributed by atoms with E-state index in [1.54, 1.807) is 7.11 Å². The Labute approximate surface area is 106 Å². The van der Waals surface area contributed by atoms with Gasteiger partial charge in [0.05, 0.1) is 6.61 Å². The molecule has 0 aromatic rings. The van der Waals surface area contributed by atoms with Gasteiger partial charge in [-0.2, -0.15) is 0 Å².